The van der Waals surface area contributed by atoms with Crippen LogP contribution in [0.5, 0.6) is 5.75 Å². The largest absolute Gasteiger partial charge is 0.487 e. The van der Waals surface area contributed by atoms with Gasteiger partial charge in [-0.1, -0.05) is 30.5 Å². The van der Waals surface area contributed by atoms with E-state index in [-0.39, 0.29) is 12.2 Å². The summed E-state index contributed by atoms with van der Waals surface area (Å²) in [6.45, 7) is 1.99. The summed E-state index contributed by atoms with van der Waals surface area (Å²) in [7, 11) is 0. The van der Waals surface area contributed by atoms with Crippen molar-refractivity contribution in [3.8, 4) is 5.75 Å². The second kappa shape index (κ2) is 5.74. The fraction of sp³-hybridized carbons (Fsp3) is 0.571. The molecule has 1 N–H and O–H groups in total. The summed E-state index contributed by atoms with van der Waals surface area (Å²) in [6.07, 6.45) is 4.73. The lowest BCUT2D eigenvalue weighted by molar-refractivity contribution is 0.0316. The van der Waals surface area contributed by atoms with Crippen molar-refractivity contribution < 1.29 is 9.84 Å². The Kier molecular flexibility index (Phi) is 4.30. The van der Waals surface area contributed by atoms with Gasteiger partial charge in [-0.25, -0.2) is 0 Å². The topological polar surface area (TPSA) is 29.5 Å². The van der Waals surface area contributed by atoms with Crippen LogP contribution in [-0.4, -0.2) is 17.3 Å². The van der Waals surface area contributed by atoms with Crippen molar-refractivity contribution in [2.24, 2.45) is 0 Å². The van der Waals surface area contributed by atoms with Gasteiger partial charge in [-0.05, 0) is 43.9 Å². The van der Waals surface area contributed by atoms with Crippen LogP contribution in [0.25, 0.3) is 0 Å². The van der Waals surface area contributed by atoms with Gasteiger partial charge in [0.2, 0.25) is 0 Å². The molecule has 0 bridgehead atoms. The molecule has 2 nitrogen and oxygen atoms in total. The zero-order valence-electron chi connectivity index (χ0n) is 10.2. The monoisotopic (exact) mass is 254 g/mol. The second-order valence-electron chi connectivity index (χ2n) is 4.77. The number of aryl methyl sites for hydroxylation is 1. The molecule has 17 heavy (non-hydrogen) atoms. The number of rotatable bonds is 2. The van der Waals surface area contributed by atoms with E-state index >= 15 is 0 Å². The third-order valence-corrected chi connectivity index (χ3v) is 3.58. The summed E-state index contributed by atoms with van der Waals surface area (Å²) in [4.78, 5) is 0. The number of halogens is 1. The smallest absolute Gasteiger partial charge is 0.124 e. The maximum atomic E-state index is 10.0. The van der Waals surface area contributed by atoms with Gasteiger partial charge in [-0.3, -0.25) is 0 Å². The lowest BCUT2D eigenvalue weighted by Crippen LogP contribution is -2.30. The van der Waals surface area contributed by atoms with Gasteiger partial charge in [0, 0.05) is 5.02 Å². The fourth-order valence-corrected chi connectivity index (χ4v) is 2.42. The minimum atomic E-state index is -0.351. The molecular weight excluding hydrogens is 236 g/mol. The van der Waals surface area contributed by atoms with Gasteiger partial charge in [0.25, 0.3) is 0 Å². The zero-order chi connectivity index (χ0) is 12.3. The molecule has 1 aliphatic rings. The van der Waals surface area contributed by atoms with E-state index in [2.05, 4.69) is 0 Å². The summed E-state index contributed by atoms with van der Waals surface area (Å²) in [5.41, 5.74) is 1.06. The average molecular weight is 255 g/mol. The minimum Gasteiger partial charge on any atom is -0.487 e. The second-order valence-corrected chi connectivity index (χ2v) is 5.21. The average Bonchev–Trinajstić information content (AvgIpc) is 2.50. The molecule has 0 amide bonds. The lowest BCUT2D eigenvalue weighted by atomic mass is 10.1. The van der Waals surface area contributed by atoms with E-state index < -0.39 is 0 Å². The first-order chi connectivity index (χ1) is 8.16. The zero-order valence-corrected chi connectivity index (χ0v) is 10.9. The number of hydrogen-bond acceptors (Lipinski definition) is 2. The van der Waals surface area contributed by atoms with Gasteiger partial charge in [-0.2, -0.15) is 0 Å². The fourth-order valence-electron chi connectivity index (χ4n) is 2.26. The van der Waals surface area contributed by atoms with E-state index in [0.29, 0.717) is 5.02 Å². The molecule has 0 saturated heterocycles. The first-order valence-corrected chi connectivity index (χ1v) is 6.65. The van der Waals surface area contributed by atoms with Crippen molar-refractivity contribution in [1.82, 2.24) is 0 Å². The molecule has 1 aromatic carbocycles. The van der Waals surface area contributed by atoms with Crippen LogP contribution >= 0.6 is 11.6 Å². The lowest BCUT2D eigenvalue weighted by Gasteiger charge is -2.23. The number of aliphatic hydroxyl groups is 1. The first kappa shape index (κ1) is 12.7. The van der Waals surface area contributed by atoms with Crippen LogP contribution in [0, 0.1) is 6.92 Å². The van der Waals surface area contributed by atoms with Crippen LogP contribution in [-0.2, 0) is 0 Å². The van der Waals surface area contributed by atoms with E-state index in [4.69, 9.17) is 16.3 Å². The molecule has 0 radical (unpaired) electrons. The maximum absolute atomic E-state index is 10.0. The highest BCUT2D eigenvalue weighted by Gasteiger charge is 2.23. The predicted octanol–water partition coefficient (Wildman–Crippen LogP) is 3.72. The van der Waals surface area contributed by atoms with Crippen molar-refractivity contribution in [3.63, 3.8) is 0 Å². The van der Waals surface area contributed by atoms with Gasteiger partial charge < -0.3 is 9.84 Å². The molecule has 1 fully saturated rings. The summed E-state index contributed by atoms with van der Waals surface area (Å²) in [6, 6.07) is 5.63. The van der Waals surface area contributed by atoms with Gasteiger partial charge in [0.05, 0.1) is 6.10 Å². The Morgan fingerprint density at radius 3 is 2.82 bits per heavy atom. The van der Waals surface area contributed by atoms with E-state index in [1.54, 1.807) is 0 Å². The summed E-state index contributed by atoms with van der Waals surface area (Å²) in [5, 5.41) is 10.7. The molecule has 0 aliphatic heterocycles. The molecule has 94 valence electrons. The van der Waals surface area contributed by atoms with Gasteiger partial charge in [0.15, 0.2) is 0 Å². The van der Waals surface area contributed by atoms with E-state index in [9.17, 15) is 5.11 Å². The van der Waals surface area contributed by atoms with Crippen LogP contribution in [0.4, 0.5) is 0 Å². The van der Waals surface area contributed by atoms with Gasteiger partial charge in [-0.15, -0.1) is 0 Å². The predicted molar refractivity (Wildman–Crippen MR) is 69.7 cm³/mol. The maximum Gasteiger partial charge on any atom is 0.124 e. The normalized spacial score (nSPS) is 25.4. The summed E-state index contributed by atoms with van der Waals surface area (Å²) >= 11 is 5.96. The van der Waals surface area contributed by atoms with Crippen LogP contribution in [0.1, 0.15) is 37.7 Å². The highest BCUT2D eigenvalue weighted by atomic mass is 35.5. The molecule has 1 aliphatic carbocycles. The van der Waals surface area contributed by atoms with Crippen molar-refractivity contribution in [3.05, 3.63) is 28.8 Å². The quantitative estimate of drug-likeness (QED) is 0.815. The van der Waals surface area contributed by atoms with E-state index in [0.717, 1.165) is 37.0 Å². The summed E-state index contributed by atoms with van der Waals surface area (Å²) < 4.78 is 5.92. The highest BCUT2D eigenvalue weighted by Crippen LogP contribution is 2.27. The van der Waals surface area contributed by atoms with Crippen LogP contribution in [0.15, 0.2) is 18.2 Å². The Morgan fingerprint density at radius 1 is 1.24 bits per heavy atom. The standard InChI is InChI=1S/C14H19ClO2/c1-10-7-8-11(15)9-14(10)17-13-6-4-2-3-5-12(13)16/h7-9,12-13,16H,2-6H2,1H3. The Labute approximate surface area is 108 Å². The van der Waals surface area contributed by atoms with Gasteiger partial charge in [0.1, 0.15) is 11.9 Å². The Hall–Kier alpha value is -0.730. The van der Waals surface area contributed by atoms with Crippen LogP contribution < -0.4 is 4.74 Å². The van der Waals surface area contributed by atoms with Gasteiger partial charge >= 0.3 is 0 Å². The Balaban J connectivity index is 2.10. The Morgan fingerprint density at radius 2 is 2.00 bits per heavy atom. The van der Waals surface area contributed by atoms with E-state index in [1.165, 1.54) is 6.42 Å². The molecule has 0 heterocycles. The third kappa shape index (κ3) is 3.36. The molecule has 1 aromatic rings. The molecule has 2 unspecified atom stereocenters. The number of ether oxygens (including phenoxy) is 1. The van der Waals surface area contributed by atoms with Crippen LogP contribution in [0.3, 0.4) is 0 Å². The number of aliphatic hydroxyl groups excluding tert-OH is 1. The molecule has 0 spiro atoms. The minimum absolute atomic E-state index is 0.0883. The Bertz CT molecular complexity index is 378. The summed E-state index contributed by atoms with van der Waals surface area (Å²) in [5.74, 6) is 0.795. The molecule has 2 rings (SSSR count). The molecular formula is C14H19ClO2. The van der Waals surface area contributed by atoms with Crippen LogP contribution in [0.2, 0.25) is 5.02 Å². The molecule has 3 heteroatoms. The van der Waals surface area contributed by atoms with E-state index in [1.807, 2.05) is 25.1 Å². The molecule has 0 aromatic heterocycles. The van der Waals surface area contributed by atoms with Crippen molar-refractivity contribution in [2.45, 2.75) is 51.2 Å². The van der Waals surface area contributed by atoms with Crippen molar-refractivity contribution in [2.75, 3.05) is 0 Å². The number of benzene rings is 1. The third-order valence-electron chi connectivity index (χ3n) is 3.35. The molecule has 2 atom stereocenters. The van der Waals surface area contributed by atoms with Crippen molar-refractivity contribution in [1.29, 1.82) is 0 Å². The number of hydrogen-bond donors (Lipinski definition) is 1. The SMILES string of the molecule is Cc1ccc(Cl)cc1OC1CCCCCC1O. The van der Waals surface area contributed by atoms with Crippen molar-refractivity contribution >= 4 is 11.6 Å². The molecule has 1 saturated carbocycles. The highest BCUT2D eigenvalue weighted by molar-refractivity contribution is 6.30. The first-order valence-electron chi connectivity index (χ1n) is 6.27.